The summed E-state index contributed by atoms with van der Waals surface area (Å²) in [4.78, 5) is 8.55. The van der Waals surface area contributed by atoms with Crippen molar-refractivity contribution in [3.05, 3.63) is 35.5 Å². The number of nitrogen functional groups attached to an aromatic ring is 1. The first-order valence-electron chi connectivity index (χ1n) is 8.65. The number of hydrogen-bond acceptors (Lipinski definition) is 7. The molecule has 4 N–H and O–H groups in total. The van der Waals surface area contributed by atoms with Crippen LogP contribution in [0.4, 0.5) is 11.8 Å². The molecule has 8 heteroatoms. The Bertz CT molecular complexity index is 893. The average molecular weight is 356 g/mol. The minimum absolute atomic E-state index is 0.0239. The molecule has 138 valence electrons. The Labute approximate surface area is 152 Å². The molecule has 0 unspecified atom stereocenters. The second kappa shape index (κ2) is 8.01. The molecule has 0 amide bonds. The monoisotopic (exact) mass is 356 g/mol. The number of nitrogens with two attached hydrogens (primary N) is 1. The number of aliphatic hydroxyl groups excluding tert-OH is 1. The molecule has 0 aliphatic carbocycles. The standard InChI is InChI=1S/C18H24N6O2/c1-3-4-7-20-17-16-14(21-18(19)22-17)10-24(23-16)9-13-6-5-12(11-25)8-15(13)26-2/h5-6,8,10,25H,3-4,7,9,11H2,1-2H3,(H3,19,20,21,22). The number of rotatable bonds is 8. The van der Waals surface area contributed by atoms with E-state index in [1.807, 2.05) is 24.4 Å². The van der Waals surface area contributed by atoms with E-state index < -0.39 is 0 Å². The number of ether oxygens (including phenoxy) is 1. The van der Waals surface area contributed by atoms with Gasteiger partial charge in [0.15, 0.2) is 11.3 Å². The lowest BCUT2D eigenvalue weighted by Gasteiger charge is -2.10. The van der Waals surface area contributed by atoms with E-state index in [9.17, 15) is 5.11 Å². The Morgan fingerprint density at radius 3 is 2.88 bits per heavy atom. The van der Waals surface area contributed by atoms with Crippen molar-refractivity contribution in [3.8, 4) is 5.75 Å². The molecule has 26 heavy (non-hydrogen) atoms. The Kier molecular flexibility index (Phi) is 5.52. The van der Waals surface area contributed by atoms with Crippen molar-refractivity contribution in [2.45, 2.75) is 32.9 Å². The summed E-state index contributed by atoms with van der Waals surface area (Å²) in [5, 5.41) is 17.2. The van der Waals surface area contributed by atoms with E-state index in [1.54, 1.807) is 11.8 Å². The summed E-state index contributed by atoms with van der Waals surface area (Å²) in [5.74, 6) is 1.59. The summed E-state index contributed by atoms with van der Waals surface area (Å²) in [6.45, 7) is 3.44. The van der Waals surface area contributed by atoms with E-state index in [0.717, 1.165) is 30.5 Å². The van der Waals surface area contributed by atoms with Gasteiger partial charge in [0.25, 0.3) is 0 Å². The molecule has 3 aromatic rings. The summed E-state index contributed by atoms with van der Waals surface area (Å²) >= 11 is 0. The van der Waals surface area contributed by atoms with E-state index in [-0.39, 0.29) is 12.6 Å². The highest BCUT2D eigenvalue weighted by Crippen LogP contribution is 2.24. The molecule has 0 saturated heterocycles. The summed E-state index contributed by atoms with van der Waals surface area (Å²) < 4.78 is 7.22. The number of unbranched alkanes of at least 4 members (excludes halogenated alkanes) is 1. The predicted molar refractivity (Wildman–Crippen MR) is 101 cm³/mol. The first-order chi connectivity index (χ1) is 12.6. The molecule has 2 aromatic heterocycles. The summed E-state index contributed by atoms with van der Waals surface area (Å²) in [6, 6.07) is 5.63. The number of aliphatic hydroxyl groups is 1. The van der Waals surface area contributed by atoms with Gasteiger partial charge in [-0.1, -0.05) is 25.5 Å². The summed E-state index contributed by atoms with van der Waals surface area (Å²) in [7, 11) is 1.61. The number of aromatic nitrogens is 4. The number of benzene rings is 1. The van der Waals surface area contributed by atoms with Crippen molar-refractivity contribution in [3.63, 3.8) is 0 Å². The van der Waals surface area contributed by atoms with Gasteiger partial charge in [-0.2, -0.15) is 10.1 Å². The van der Waals surface area contributed by atoms with Crippen LogP contribution in [0.25, 0.3) is 11.0 Å². The molecule has 0 aliphatic rings. The Morgan fingerprint density at radius 1 is 1.31 bits per heavy atom. The Morgan fingerprint density at radius 2 is 2.15 bits per heavy atom. The lowest BCUT2D eigenvalue weighted by Crippen LogP contribution is -2.06. The highest BCUT2D eigenvalue weighted by atomic mass is 16.5. The third kappa shape index (κ3) is 3.85. The van der Waals surface area contributed by atoms with Crippen LogP contribution in [0.5, 0.6) is 5.75 Å². The average Bonchev–Trinajstić information content (AvgIpc) is 3.04. The van der Waals surface area contributed by atoms with Crippen LogP contribution in [0.2, 0.25) is 0 Å². The highest BCUT2D eigenvalue weighted by molar-refractivity contribution is 5.85. The fraction of sp³-hybridized carbons (Fsp3) is 0.389. The Hall–Kier alpha value is -2.87. The van der Waals surface area contributed by atoms with E-state index in [1.165, 1.54) is 0 Å². The maximum absolute atomic E-state index is 9.27. The van der Waals surface area contributed by atoms with Gasteiger partial charge in [0, 0.05) is 12.1 Å². The molecule has 3 rings (SSSR count). The molecule has 0 bridgehead atoms. The molecule has 0 radical (unpaired) electrons. The molecule has 0 saturated carbocycles. The number of nitrogens with one attached hydrogen (secondary N) is 1. The van der Waals surface area contributed by atoms with Crippen molar-refractivity contribution in [1.29, 1.82) is 0 Å². The van der Waals surface area contributed by atoms with Gasteiger partial charge >= 0.3 is 0 Å². The summed E-state index contributed by atoms with van der Waals surface area (Å²) in [5.41, 5.74) is 8.98. The number of anilines is 2. The zero-order chi connectivity index (χ0) is 18.5. The number of hydrogen-bond donors (Lipinski definition) is 3. The third-order valence-corrected chi connectivity index (χ3v) is 4.12. The molecule has 1 aromatic carbocycles. The minimum atomic E-state index is -0.0239. The van der Waals surface area contributed by atoms with Crippen LogP contribution in [-0.2, 0) is 13.2 Å². The SMILES string of the molecule is CCCCNc1nc(N)nc2cn(Cc3ccc(CO)cc3OC)nc12. The van der Waals surface area contributed by atoms with Crippen LogP contribution in [0, 0.1) is 0 Å². The highest BCUT2D eigenvalue weighted by Gasteiger charge is 2.12. The van der Waals surface area contributed by atoms with Gasteiger partial charge in [0.05, 0.1) is 26.5 Å². The van der Waals surface area contributed by atoms with Crippen LogP contribution in [0.3, 0.4) is 0 Å². The summed E-state index contributed by atoms with van der Waals surface area (Å²) in [6.07, 6.45) is 3.98. The molecule has 8 nitrogen and oxygen atoms in total. The number of methoxy groups -OCH3 is 1. The number of nitrogens with zero attached hydrogens (tertiary/aromatic N) is 4. The molecule has 0 aliphatic heterocycles. The van der Waals surface area contributed by atoms with Gasteiger partial charge in [-0.25, -0.2) is 4.98 Å². The quantitative estimate of drug-likeness (QED) is 0.530. The molecule has 0 fully saturated rings. The topological polar surface area (TPSA) is 111 Å². The lowest BCUT2D eigenvalue weighted by molar-refractivity contribution is 0.281. The van der Waals surface area contributed by atoms with Gasteiger partial charge in [-0.3, -0.25) is 4.68 Å². The molecule has 0 atom stereocenters. The van der Waals surface area contributed by atoms with Gasteiger partial charge in [-0.15, -0.1) is 0 Å². The fourth-order valence-electron chi connectivity index (χ4n) is 2.76. The van der Waals surface area contributed by atoms with Gasteiger partial charge in [0.2, 0.25) is 5.95 Å². The first-order valence-corrected chi connectivity index (χ1v) is 8.65. The molecule has 2 heterocycles. The van der Waals surface area contributed by atoms with Crippen LogP contribution >= 0.6 is 0 Å². The van der Waals surface area contributed by atoms with E-state index >= 15 is 0 Å². The first kappa shape index (κ1) is 17.9. The maximum atomic E-state index is 9.27. The van der Waals surface area contributed by atoms with Gasteiger partial charge in [-0.05, 0) is 18.1 Å². The third-order valence-electron chi connectivity index (χ3n) is 4.12. The Balaban J connectivity index is 1.90. The van der Waals surface area contributed by atoms with E-state index in [0.29, 0.717) is 29.1 Å². The smallest absolute Gasteiger partial charge is 0.222 e. The van der Waals surface area contributed by atoms with Crippen LogP contribution in [-0.4, -0.2) is 38.5 Å². The van der Waals surface area contributed by atoms with Crippen molar-refractivity contribution in [1.82, 2.24) is 19.7 Å². The second-order valence-electron chi connectivity index (χ2n) is 6.08. The van der Waals surface area contributed by atoms with Crippen molar-refractivity contribution >= 4 is 22.8 Å². The lowest BCUT2D eigenvalue weighted by atomic mass is 10.1. The van der Waals surface area contributed by atoms with Crippen molar-refractivity contribution in [2.75, 3.05) is 24.7 Å². The molecular weight excluding hydrogens is 332 g/mol. The van der Waals surface area contributed by atoms with E-state index in [2.05, 4.69) is 27.3 Å². The predicted octanol–water partition coefficient (Wildman–Crippen LogP) is 2.17. The van der Waals surface area contributed by atoms with Crippen LogP contribution in [0.15, 0.2) is 24.4 Å². The molecular formula is C18H24N6O2. The van der Waals surface area contributed by atoms with Gasteiger partial charge < -0.3 is 20.9 Å². The van der Waals surface area contributed by atoms with Crippen molar-refractivity contribution in [2.24, 2.45) is 0 Å². The fourth-order valence-corrected chi connectivity index (χ4v) is 2.76. The maximum Gasteiger partial charge on any atom is 0.222 e. The van der Waals surface area contributed by atoms with Gasteiger partial charge in [0.1, 0.15) is 11.3 Å². The van der Waals surface area contributed by atoms with Crippen LogP contribution in [0.1, 0.15) is 30.9 Å². The largest absolute Gasteiger partial charge is 0.496 e. The minimum Gasteiger partial charge on any atom is -0.496 e. The normalized spacial score (nSPS) is 11.0. The van der Waals surface area contributed by atoms with E-state index in [4.69, 9.17) is 10.5 Å². The zero-order valence-electron chi connectivity index (χ0n) is 15.1. The number of fused-ring (bicyclic) bond motifs is 1. The zero-order valence-corrected chi connectivity index (χ0v) is 15.1. The molecule has 0 spiro atoms. The van der Waals surface area contributed by atoms with Crippen molar-refractivity contribution < 1.29 is 9.84 Å². The van der Waals surface area contributed by atoms with Crippen LogP contribution < -0.4 is 15.8 Å². The second-order valence-corrected chi connectivity index (χ2v) is 6.08.